The molecule has 0 spiro atoms. The van der Waals surface area contributed by atoms with Crippen LogP contribution in [0.25, 0.3) is 0 Å². The fraction of sp³-hybridized carbons (Fsp3) is 0.423. The maximum Gasteiger partial charge on any atom is 0.257 e. The lowest BCUT2D eigenvalue weighted by atomic mass is 9.76. The summed E-state index contributed by atoms with van der Waals surface area (Å²) in [4.78, 5) is 41.0. The summed E-state index contributed by atoms with van der Waals surface area (Å²) in [5, 5.41) is 3.07. The smallest absolute Gasteiger partial charge is 0.257 e. The van der Waals surface area contributed by atoms with Crippen molar-refractivity contribution in [3.05, 3.63) is 59.2 Å². The van der Waals surface area contributed by atoms with E-state index in [0.29, 0.717) is 17.2 Å². The van der Waals surface area contributed by atoms with Crippen molar-refractivity contribution >= 4 is 29.1 Å². The van der Waals surface area contributed by atoms with E-state index in [0.717, 1.165) is 48.9 Å². The van der Waals surface area contributed by atoms with Crippen molar-refractivity contribution in [3.63, 3.8) is 0 Å². The van der Waals surface area contributed by atoms with Crippen molar-refractivity contribution in [3.8, 4) is 0 Å². The molecule has 2 aromatic rings. The molecule has 2 fully saturated rings. The highest BCUT2D eigenvalue weighted by atomic mass is 16.2. The van der Waals surface area contributed by atoms with Gasteiger partial charge in [-0.3, -0.25) is 14.4 Å². The Morgan fingerprint density at radius 2 is 1.58 bits per heavy atom. The second-order valence-electron chi connectivity index (χ2n) is 8.77. The van der Waals surface area contributed by atoms with Crippen molar-refractivity contribution in [2.75, 3.05) is 10.2 Å². The van der Waals surface area contributed by atoms with Gasteiger partial charge in [-0.05, 0) is 61.3 Å². The molecule has 3 atom stereocenters. The van der Waals surface area contributed by atoms with Crippen LogP contribution in [0.3, 0.4) is 0 Å². The predicted molar refractivity (Wildman–Crippen MR) is 122 cm³/mol. The molecule has 0 aromatic heterocycles. The molecular formula is C26H30N2O3. The molecule has 4 rings (SSSR count). The van der Waals surface area contributed by atoms with Gasteiger partial charge in [0.05, 0.1) is 23.1 Å². The molecule has 31 heavy (non-hydrogen) atoms. The predicted octanol–water partition coefficient (Wildman–Crippen LogP) is 4.99. The monoisotopic (exact) mass is 418 g/mol. The topological polar surface area (TPSA) is 66.5 Å². The lowest BCUT2D eigenvalue weighted by Crippen LogP contribution is -2.33. The van der Waals surface area contributed by atoms with E-state index in [-0.39, 0.29) is 29.6 Å². The van der Waals surface area contributed by atoms with Crippen LogP contribution in [0.1, 0.15) is 61.5 Å². The van der Waals surface area contributed by atoms with Crippen LogP contribution in [-0.2, 0) is 22.4 Å². The van der Waals surface area contributed by atoms with Crippen LogP contribution in [-0.4, -0.2) is 17.7 Å². The van der Waals surface area contributed by atoms with E-state index in [2.05, 4.69) is 26.1 Å². The summed E-state index contributed by atoms with van der Waals surface area (Å²) in [6.07, 6.45) is 4.05. The maximum atomic E-state index is 13.3. The Hall–Kier alpha value is -2.95. The number of nitrogens with zero attached hydrogens (tertiary/aromatic N) is 1. The minimum Gasteiger partial charge on any atom is -0.321 e. The van der Waals surface area contributed by atoms with Crippen molar-refractivity contribution in [1.29, 1.82) is 0 Å². The van der Waals surface area contributed by atoms with E-state index >= 15 is 0 Å². The minimum atomic E-state index is -0.296. The lowest BCUT2D eigenvalue weighted by Gasteiger charge is -2.25. The molecule has 2 aromatic carbocycles. The van der Waals surface area contributed by atoms with Crippen molar-refractivity contribution in [1.82, 2.24) is 0 Å². The van der Waals surface area contributed by atoms with E-state index in [1.807, 2.05) is 18.2 Å². The number of benzene rings is 2. The normalized spacial score (nSPS) is 23.1. The summed E-state index contributed by atoms with van der Waals surface area (Å²) in [5.41, 5.74) is 3.71. The molecule has 0 radical (unpaired) electrons. The van der Waals surface area contributed by atoms with Crippen LogP contribution >= 0.6 is 0 Å². The first-order valence-corrected chi connectivity index (χ1v) is 11.3. The largest absolute Gasteiger partial charge is 0.321 e. The third kappa shape index (κ3) is 3.78. The Morgan fingerprint density at radius 3 is 2.26 bits per heavy atom. The van der Waals surface area contributed by atoms with E-state index in [4.69, 9.17) is 0 Å². The van der Waals surface area contributed by atoms with Crippen LogP contribution in [0, 0.1) is 17.8 Å². The fourth-order valence-electron chi connectivity index (χ4n) is 5.07. The van der Waals surface area contributed by atoms with Gasteiger partial charge in [-0.2, -0.15) is 0 Å². The highest BCUT2D eigenvalue weighted by molar-refractivity contribution is 6.24. The molecule has 2 aliphatic rings. The second-order valence-corrected chi connectivity index (χ2v) is 8.77. The van der Waals surface area contributed by atoms with Crippen LogP contribution < -0.4 is 10.2 Å². The van der Waals surface area contributed by atoms with Gasteiger partial charge < -0.3 is 5.32 Å². The number of aryl methyl sites for hydroxylation is 2. The summed E-state index contributed by atoms with van der Waals surface area (Å²) in [7, 11) is 0. The van der Waals surface area contributed by atoms with Crippen molar-refractivity contribution < 1.29 is 14.4 Å². The molecule has 5 nitrogen and oxygen atoms in total. The van der Waals surface area contributed by atoms with E-state index in [1.165, 1.54) is 4.90 Å². The first-order chi connectivity index (χ1) is 15.0. The molecule has 3 amide bonds. The summed E-state index contributed by atoms with van der Waals surface area (Å²) in [5.74, 6) is -0.702. The van der Waals surface area contributed by atoms with Gasteiger partial charge in [0.2, 0.25) is 11.8 Å². The molecule has 0 bridgehead atoms. The zero-order valence-electron chi connectivity index (χ0n) is 18.5. The number of hydrogen-bond acceptors (Lipinski definition) is 3. The van der Waals surface area contributed by atoms with Crippen molar-refractivity contribution in [2.24, 2.45) is 17.8 Å². The van der Waals surface area contributed by atoms with Gasteiger partial charge in [0.25, 0.3) is 5.91 Å². The molecule has 5 heteroatoms. The standard InChI is InChI=1S/C26H30N2O3/c1-4-17-9-8-10-18(5-2)23(17)27-24(29)20-11-6-7-12-22(20)28-25(30)19-14-13-16(3)15-21(19)26(28)31/h6-12,16,19,21H,4-5,13-15H2,1-3H3,(H,27,29)/t16-,19-,21-/m1/s1. The number of nitrogens with one attached hydrogen (secondary N) is 1. The highest BCUT2D eigenvalue weighted by Gasteiger charge is 2.50. The molecule has 0 unspecified atom stereocenters. The highest BCUT2D eigenvalue weighted by Crippen LogP contribution is 2.43. The molecule has 1 heterocycles. The molecular weight excluding hydrogens is 388 g/mol. The number of carbonyl (C=O) groups is 3. The number of rotatable bonds is 5. The molecule has 1 saturated heterocycles. The Labute approximate surface area is 183 Å². The minimum absolute atomic E-state index is 0.162. The molecule has 1 aliphatic carbocycles. The maximum absolute atomic E-state index is 13.3. The average molecular weight is 419 g/mol. The number of amides is 3. The van der Waals surface area contributed by atoms with Crippen LogP contribution in [0.4, 0.5) is 11.4 Å². The molecule has 1 saturated carbocycles. The molecule has 1 N–H and O–H groups in total. The second kappa shape index (κ2) is 8.66. The molecule has 1 aliphatic heterocycles. The number of anilines is 2. The number of hydrogen-bond donors (Lipinski definition) is 1. The van der Waals surface area contributed by atoms with E-state index < -0.39 is 0 Å². The summed E-state index contributed by atoms with van der Waals surface area (Å²) in [6, 6.07) is 13.0. The van der Waals surface area contributed by atoms with Crippen LogP contribution in [0.15, 0.2) is 42.5 Å². The zero-order chi connectivity index (χ0) is 22.1. The van der Waals surface area contributed by atoms with Gasteiger partial charge in [0.1, 0.15) is 0 Å². The first-order valence-electron chi connectivity index (χ1n) is 11.3. The van der Waals surface area contributed by atoms with Crippen LogP contribution in [0.2, 0.25) is 0 Å². The summed E-state index contributed by atoms with van der Waals surface area (Å²) < 4.78 is 0. The van der Waals surface area contributed by atoms with Gasteiger partial charge in [0, 0.05) is 5.69 Å². The number of fused-ring (bicyclic) bond motifs is 1. The van der Waals surface area contributed by atoms with Gasteiger partial charge in [-0.15, -0.1) is 0 Å². The van der Waals surface area contributed by atoms with Gasteiger partial charge >= 0.3 is 0 Å². The quantitative estimate of drug-likeness (QED) is 0.696. The fourth-order valence-corrected chi connectivity index (χ4v) is 5.07. The summed E-state index contributed by atoms with van der Waals surface area (Å²) >= 11 is 0. The number of para-hydroxylation sites is 2. The average Bonchev–Trinajstić information content (AvgIpc) is 3.03. The Bertz CT molecular complexity index is 1010. The SMILES string of the molecule is CCc1cccc(CC)c1NC(=O)c1ccccc1N1C(=O)[C@@H]2CC[C@@H](C)C[C@H]2C1=O. The van der Waals surface area contributed by atoms with Crippen LogP contribution in [0.5, 0.6) is 0 Å². The van der Waals surface area contributed by atoms with Crippen molar-refractivity contribution in [2.45, 2.75) is 52.9 Å². The first kappa shape index (κ1) is 21.3. The van der Waals surface area contributed by atoms with Gasteiger partial charge in [-0.25, -0.2) is 4.90 Å². The zero-order valence-corrected chi connectivity index (χ0v) is 18.5. The Balaban J connectivity index is 1.68. The Kier molecular flexibility index (Phi) is 5.94. The third-order valence-electron chi connectivity index (χ3n) is 6.81. The Morgan fingerprint density at radius 1 is 0.935 bits per heavy atom. The number of imide groups is 1. The van der Waals surface area contributed by atoms with E-state index in [9.17, 15) is 14.4 Å². The lowest BCUT2D eigenvalue weighted by molar-refractivity contribution is -0.122. The third-order valence-corrected chi connectivity index (χ3v) is 6.81. The van der Waals surface area contributed by atoms with E-state index in [1.54, 1.807) is 24.3 Å². The molecule has 162 valence electrons. The number of carbonyl (C=O) groups excluding carboxylic acids is 3. The van der Waals surface area contributed by atoms with Gasteiger partial charge in [0.15, 0.2) is 0 Å². The summed E-state index contributed by atoms with van der Waals surface area (Å²) in [6.45, 7) is 6.25. The van der Waals surface area contributed by atoms with Gasteiger partial charge in [-0.1, -0.05) is 51.1 Å².